The van der Waals surface area contributed by atoms with Crippen LogP contribution in [0.2, 0.25) is 0 Å². The van der Waals surface area contributed by atoms with Gasteiger partial charge in [-0.1, -0.05) is 24.3 Å². The number of benzene rings is 1. The lowest BCUT2D eigenvalue weighted by molar-refractivity contribution is 0.142. The summed E-state index contributed by atoms with van der Waals surface area (Å²) in [6, 6.07) is 10.1. The smallest absolute Gasteiger partial charge is 0.0813 e. The largest absolute Gasteiger partial charge is 0.388 e. The first kappa shape index (κ1) is 12.9. The summed E-state index contributed by atoms with van der Waals surface area (Å²) in [5.41, 5.74) is 1.93. The highest BCUT2D eigenvalue weighted by Gasteiger charge is 2.20. The molecule has 1 N–H and O–H groups in total. The molecule has 2 aromatic rings. The minimum absolute atomic E-state index is 0.383. The van der Waals surface area contributed by atoms with Crippen molar-refractivity contribution in [1.82, 2.24) is 4.98 Å². The minimum Gasteiger partial charge on any atom is -0.388 e. The van der Waals surface area contributed by atoms with Crippen LogP contribution in [0.25, 0.3) is 10.9 Å². The third kappa shape index (κ3) is 2.93. The van der Waals surface area contributed by atoms with Crippen LogP contribution in [0.5, 0.6) is 0 Å². The van der Waals surface area contributed by atoms with Crippen molar-refractivity contribution in [2.45, 2.75) is 25.4 Å². The predicted octanol–water partition coefficient (Wildman–Crippen LogP) is 3.80. The Morgan fingerprint density at radius 3 is 2.84 bits per heavy atom. The normalized spacial score (nSPS) is 18.6. The fraction of sp³-hybridized carbons (Fsp3) is 0.438. The van der Waals surface area contributed by atoms with E-state index in [1.807, 2.05) is 30.0 Å². The Hall–Kier alpha value is -1.06. The van der Waals surface area contributed by atoms with Gasteiger partial charge in [-0.2, -0.15) is 11.8 Å². The highest BCUT2D eigenvalue weighted by Crippen LogP contribution is 2.32. The molecule has 3 rings (SSSR count). The molecule has 0 spiro atoms. The summed E-state index contributed by atoms with van der Waals surface area (Å²) >= 11 is 2.03. The van der Waals surface area contributed by atoms with Gasteiger partial charge in [0, 0.05) is 17.1 Å². The van der Waals surface area contributed by atoms with Crippen LogP contribution in [-0.2, 0) is 0 Å². The molecule has 2 heterocycles. The second-order valence-electron chi connectivity index (χ2n) is 5.23. The lowest BCUT2D eigenvalue weighted by Crippen LogP contribution is -2.13. The Kier molecular flexibility index (Phi) is 4.04. The van der Waals surface area contributed by atoms with E-state index in [1.54, 1.807) is 6.20 Å². The number of rotatable bonds is 3. The zero-order valence-electron chi connectivity index (χ0n) is 11.0. The monoisotopic (exact) mass is 273 g/mol. The van der Waals surface area contributed by atoms with Gasteiger partial charge in [0.15, 0.2) is 0 Å². The van der Waals surface area contributed by atoms with Gasteiger partial charge in [-0.15, -0.1) is 0 Å². The fourth-order valence-corrected chi connectivity index (χ4v) is 4.03. The van der Waals surface area contributed by atoms with Crippen molar-refractivity contribution >= 4 is 22.7 Å². The Morgan fingerprint density at radius 2 is 2.00 bits per heavy atom. The van der Waals surface area contributed by atoms with E-state index in [9.17, 15) is 5.11 Å². The summed E-state index contributed by atoms with van der Waals surface area (Å²) in [6.45, 7) is 0. The first-order chi connectivity index (χ1) is 9.34. The maximum atomic E-state index is 10.5. The summed E-state index contributed by atoms with van der Waals surface area (Å²) in [5, 5.41) is 11.6. The van der Waals surface area contributed by atoms with E-state index in [0.717, 1.165) is 22.9 Å². The SMILES string of the molecule is OC(CC1CCSCC1)c1cccc2cccnc12. The Morgan fingerprint density at radius 1 is 1.21 bits per heavy atom. The molecular weight excluding hydrogens is 254 g/mol. The molecule has 0 amide bonds. The van der Waals surface area contributed by atoms with Crippen LogP contribution in [0.3, 0.4) is 0 Å². The zero-order chi connectivity index (χ0) is 13.1. The Balaban J connectivity index is 1.82. The summed E-state index contributed by atoms with van der Waals surface area (Å²) in [5.74, 6) is 3.14. The highest BCUT2D eigenvalue weighted by atomic mass is 32.2. The van der Waals surface area contributed by atoms with Gasteiger partial charge in [0.1, 0.15) is 0 Å². The molecule has 19 heavy (non-hydrogen) atoms. The lowest BCUT2D eigenvalue weighted by Gasteiger charge is -2.24. The molecular formula is C16H19NOS. The van der Waals surface area contributed by atoms with Crippen molar-refractivity contribution in [3.8, 4) is 0 Å². The number of hydrogen-bond acceptors (Lipinski definition) is 3. The van der Waals surface area contributed by atoms with E-state index in [1.165, 1.54) is 24.3 Å². The van der Waals surface area contributed by atoms with Crippen molar-refractivity contribution in [2.24, 2.45) is 5.92 Å². The number of aliphatic hydroxyl groups is 1. The molecule has 1 atom stereocenters. The molecule has 1 aromatic carbocycles. The van der Waals surface area contributed by atoms with Crippen LogP contribution in [0.15, 0.2) is 36.5 Å². The third-order valence-corrected chi connectivity index (χ3v) is 4.97. The Labute approximate surface area is 118 Å². The van der Waals surface area contributed by atoms with Gasteiger partial charge in [0.25, 0.3) is 0 Å². The van der Waals surface area contributed by atoms with Crippen molar-refractivity contribution in [1.29, 1.82) is 0 Å². The summed E-state index contributed by atoms with van der Waals surface area (Å²) in [4.78, 5) is 4.43. The maximum absolute atomic E-state index is 10.5. The van der Waals surface area contributed by atoms with Crippen LogP contribution < -0.4 is 0 Å². The molecule has 0 saturated carbocycles. The van der Waals surface area contributed by atoms with Crippen LogP contribution in [-0.4, -0.2) is 21.6 Å². The number of aliphatic hydroxyl groups excluding tert-OH is 1. The molecule has 0 bridgehead atoms. The molecule has 1 saturated heterocycles. The quantitative estimate of drug-likeness (QED) is 0.923. The molecule has 1 aromatic heterocycles. The average Bonchev–Trinajstić information content (AvgIpc) is 2.47. The van der Waals surface area contributed by atoms with E-state index in [-0.39, 0.29) is 6.10 Å². The van der Waals surface area contributed by atoms with E-state index >= 15 is 0 Å². The number of aromatic nitrogens is 1. The van der Waals surface area contributed by atoms with Crippen LogP contribution in [0.1, 0.15) is 30.9 Å². The van der Waals surface area contributed by atoms with Crippen molar-refractivity contribution < 1.29 is 5.11 Å². The van der Waals surface area contributed by atoms with Crippen LogP contribution in [0, 0.1) is 5.92 Å². The van der Waals surface area contributed by atoms with Crippen molar-refractivity contribution in [3.63, 3.8) is 0 Å². The Bertz CT molecular complexity index is 546. The van der Waals surface area contributed by atoms with E-state index in [4.69, 9.17) is 0 Å². The molecule has 1 aliphatic rings. The van der Waals surface area contributed by atoms with Gasteiger partial charge in [0.05, 0.1) is 11.6 Å². The van der Waals surface area contributed by atoms with Gasteiger partial charge < -0.3 is 5.11 Å². The number of thioether (sulfide) groups is 1. The van der Waals surface area contributed by atoms with Crippen LogP contribution >= 0.6 is 11.8 Å². The van der Waals surface area contributed by atoms with Crippen molar-refractivity contribution in [3.05, 3.63) is 42.1 Å². The van der Waals surface area contributed by atoms with E-state index < -0.39 is 0 Å². The molecule has 3 heteroatoms. The molecule has 2 nitrogen and oxygen atoms in total. The number of hydrogen-bond donors (Lipinski definition) is 1. The number of nitrogens with zero attached hydrogens (tertiary/aromatic N) is 1. The summed E-state index contributed by atoms with van der Waals surface area (Å²) in [7, 11) is 0. The molecule has 0 aliphatic carbocycles. The molecule has 1 unspecified atom stereocenters. The van der Waals surface area contributed by atoms with Gasteiger partial charge in [-0.25, -0.2) is 0 Å². The molecule has 0 radical (unpaired) electrons. The average molecular weight is 273 g/mol. The van der Waals surface area contributed by atoms with Gasteiger partial charge >= 0.3 is 0 Å². The van der Waals surface area contributed by atoms with Gasteiger partial charge in [-0.3, -0.25) is 4.98 Å². The fourth-order valence-electron chi connectivity index (χ4n) is 2.82. The maximum Gasteiger partial charge on any atom is 0.0813 e. The molecule has 1 aliphatic heterocycles. The van der Waals surface area contributed by atoms with Crippen molar-refractivity contribution in [2.75, 3.05) is 11.5 Å². The van der Waals surface area contributed by atoms with Gasteiger partial charge in [0.2, 0.25) is 0 Å². The molecule has 1 fully saturated rings. The van der Waals surface area contributed by atoms with E-state index in [0.29, 0.717) is 5.92 Å². The first-order valence-corrected chi connectivity index (χ1v) is 8.09. The number of pyridine rings is 1. The highest BCUT2D eigenvalue weighted by molar-refractivity contribution is 7.99. The van der Waals surface area contributed by atoms with E-state index in [2.05, 4.69) is 17.1 Å². The lowest BCUT2D eigenvalue weighted by atomic mass is 9.91. The zero-order valence-corrected chi connectivity index (χ0v) is 11.8. The molecule has 100 valence electrons. The predicted molar refractivity (Wildman–Crippen MR) is 81.4 cm³/mol. The third-order valence-electron chi connectivity index (χ3n) is 3.92. The standard InChI is InChI=1S/C16H19NOS/c18-15(11-12-6-9-19-10-7-12)14-5-1-3-13-4-2-8-17-16(13)14/h1-5,8,12,15,18H,6-7,9-11H2. The summed E-state index contributed by atoms with van der Waals surface area (Å²) in [6.07, 6.45) is 4.76. The topological polar surface area (TPSA) is 33.1 Å². The van der Waals surface area contributed by atoms with Gasteiger partial charge in [-0.05, 0) is 42.8 Å². The second kappa shape index (κ2) is 5.93. The second-order valence-corrected chi connectivity index (χ2v) is 6.45. The minimum atomic E-state index is -0.383. The number of para-hydroxylation sites is 1. The first-order valence-electron chi connectivity index (χ1n) is 6.94. The number of fused-ring (bicyclic) bond motifs is 1. The van der Waals surface area contributed by atoms with Crippen LogP contribution in [0.4, 0.5) is 0 Å². The summed E-state index contributed by atoms with van der Waals surface area (Å²) < 4.78 is 0.